The van der Waals surface area contributed by atoms with E-state index in [0.717, 1.165) is 16.7 Å². The molecule has 0 aliphatic carbocycles. The Morgan fingerprint density at radius 3 is 2.77 bits per heavy atom. The second-order valence-corrected chi connectivity index (χ2v) is 6.19. The molecule has 1 aromatic carbocycles. The summed E-state index contributed by atoms with van der Waals surface area (Å²) in [6.07, 6.45) is 4.84. The van der Waals surface area contributed by atoms with Crippen LogP contribution in [0.15, 0.2) is 48.9 Å². The number of hydrogen-bond donors (Lipinski definition) is 0. The number of ether oxygens (including phenoxy) is 2. The minimum Gasteiger partial charge on any atom is -0.348 e. The third-order valence-electron chi connectivity index (χ3n) is 4.48. The zero-order chi connectivity index (χ0) is 17.9. The zero-order valence-electron chi connectivity index (χ0n) is 14.5. The van der Waals surface area contributed by atoms with Gasteiger partial charge in [-0.05, 0) is 12.1 Å². The largest absolute Gasteiger partial charge is 0.348 e. The minimum atomic E-state index is -0.410. The van der Waals surface area contributed by atoms with Crippen LogP contribution < -0.4 is 0 Å². The lowest BCUT2D eigenvalue weighted by atomic mass is 10.1. The van der Waals surface area contributed by atoms with E-state index in [4.69, 9.17) is 9.47 Å². The highest BCUT2D eigenvalue weighted by atomic mass is 16.7. The summed E-state index contributed by atoms with van der Waals surface area (Å²) in [6, 6.07) is 9.39. The molecule has 3 aromatic rings. The lowest BCUT2D eigenvalue weighted by Gasteiger charge is -2.25. The van der Waals surface area contributed by atoms with Crippen LogP contribution in [0.5, 0.6) is 0 Å². The van der Waals surface area contributed by atoms with Crippen LogP contribution in [0.2, 0.25) is 0 Å². The number of para-hydroxylation sites is 1. The van der Waals surface area contributed by atoms with Crippen molar-refractivity contribution >= 4 is 16.8 Å². The number of carbonyl (C=O) groups is 1. The fourth-order valence-corrected chi connectivity index (χ4v) is 3.08. The average Bonchev–Trinajstić information content (AvgIpc) is 3.32. The molecule has 1 aliphatic rings. The molecule has 1 fully saturated rings. The molecule has 1 amide bonds. The molecule has 2 aromatic heterocycles. The summed E-state index contributed by atoms with van der Waals surface area (Å²) in [5.74, 6) is 0.709. The summed E-state index contributed by atoms with van der Waals surface area (Å²) >= 11 is 0. The van der Waals surface area contributed by atoms with Crippen molar-refractivity contribution in [1.29, 1.82) is 0 Å². The van der Waals surface area contributed by atoms with Crippen molar-refractivity contribution in [3.63, 3.8) is 0 Å². The Balaban J connectivity index is 1.67. The van der Waals surface area contributed by atoms with E-state index in [1.807, 2.05) is 42.1 Å². The number of nitrogens with zero attached hydrogens (tertiary/aromatic N) is 4. The van der Waals surface area contributed by atoms with Crippen LogP contribution in [0.1, 0.15) is 16.2 Å². The van der Waals surface area contributed by atoms with Gasteiger partial charge >= 0.3 is 0 Å². The third-order valence-corrected chi connectivity index (χ3v) is 4.48. The SMILES string of the molecule is Cn1ccnc1CN(CC1OCCO1)C(=O)c1ccnc2ccccc12. The van der Waals surface area contributed by atoms with Crippen molar-refractivity contribution in [2.45, 2.75) is 12.8 Å². The number of aromatic nitrogens is 3. The Morgan fingerprint density at radius 2 is 2.00 bits per heavy atom. The van der Waals surface area contributed by atoms with Gasteiger partial charge in [0, 0.05) is 31.0 Å². The lowest BCUT2D eigenvalue weighted by Crippen LogP contribution is -2.38. The van der Waals surface area contributed by atoms with E-state index in [0.29, 0.717) is 31.9 Å². The minimum absolute atomic E-state index is 0.0919. The maximum absolute atomic E-state index is 13.3. The van der Waals surface area contributed by atoms with E-state index in [1.165, 1.54) is 0 Å². The smallest absolute Gasteiger partial charge is 0.255 e. The maximum Gasteiger partial charge on any atom is 0.255 e. The van der Waals surface area contributed by atoms with Gasteiger partial charge in [-0.3, -0.25) is 9.78 Å². The third kappa shape index (κ3) is 3.31. The molecular weight excluding hydrogens is 332 g/mol. The van der Waals surface area contributed by atoms with Gasteiger partial charge in [-0.15, -0.1) is 0 Å². The van der Waals surface area contributed by atoms with Crippen molar-refractivity contribution < 1.29 is 14.3 Å². The van der Waals surface area contributed by atoms with E-state index in [-0.39, 0.29) is 5.91 Å². The monoisotopic (exact) mass is 352 g/mol. The second-order valence-electron chi connectivity index (χ2n) is 6.19. The van der Waals surface area contributed by atoms with Gasteiger partial charge in [-0.2, -0.15) is 0 Å². The maximum atomic E-state index is 13.3. The van der Waals surface area contributed by atoms with Crippen molar-refractivity contribution in [3.05, 3.63) is 60.3 Å². The Bertz CT molecular complexity index is 913. The Hall–Kier alpha value is -2.77. The molecular formula is C19H20N4O3. The van der Waals surface area contributed by atoms with Crippen LogP contribution in [-0.2, 0) is 23.1 Å². The van der Waals surface area contributed by atoms with Gasteiger partial charge < -0.3 is 18.9 Å². The van der Waals surface area contributed by atoms with E-state index in [1.54, 1.807) is 23.4 Å². The van der Waals surface area contributed by atoms with Crippen molar-refractivity contribution in [2.24, 2.45) is 7.05 Å². The fourth-order valence-electron chi connectivity index (χ4n) is 3.08. The predicted molar refractivity (Wildman–Crippen MR) is 95.4 cm³/mol. The fraction of sp³-hybridized carbons (Fsp3) is 0.316. The van der Waals surface area contributed by atoms with Crippen molar-refractivity contribution in [3.8, 4) is 0 Å². The molecule has 4 rings (SSSR count). The number of amides is 1. The molecule has 0 atom stereocenters. The van der Waals surface area contributed by atoms with E-state index >= 15 is 0 Å². The summed E-state index contributed by atoms with van der Waals surface area (Å²) in [4.78, 5) is 23.7. The molecule has 26 heavy (non-hydrogen) atoms. The zero-order valence-corrected chi connectivity index (χ0v) is 14.5. The summed E-state index contributed by atoms with van der Waals surface area (Å²) in [7, 11) is 1.91. The number of rotatable bonds is 5. The quantitative estimate of drug-likeness (QED) is 0.702. The number of imidazole rings is 1. The second kappa shape index (κ2) is 7.23. The van der Waals surface area contributed by atoms with Gasteiger partial charge in [0.1, 0.15) is 5.82 Å². The van der Waals surface area contributed by atoms with Gasteiger partial charge in [0.15, 0.2) is 6.29 Å². The van der Waals surface area contributed by atoms with Crippen molar-refractivity contribution in [1.82, 2.24) is 19.4 Å². The van der Waals surface area contributed by atoms with Crippen LogP contribution in [0, 0.1) is 0 Å². The molecule has 1 saturated heterocycles. The first-order chi connectivity index (χ1) is 12.7. The number of benzene rings is 1. The highest BCUT2D eigenvalue weighted by Gasteiger charge is 2.26. The van der Waals surface area contributed by atoms with Gasteiger partial charge in [-0.1, -0.05) is 18.2 Å². The van der Waals surface area contributed by atoms with Crippen LogP contribution in [0.4, 0.5) is 0 Å². The van der Waals surface area contributed by atoms with E-state index < -0.39 is 6.29 Å². The number of aryl methyl sites for hydroxylation is 1. The molecule has 7 heteroatoms. The van der Waals surface area contributed by atoms with Gasteiger partial charge in [0.05, 0.1) is 37.4 Å². The van der Waals surface area contributed by atoms with E-state index in [9.17, 15) is 4.79 Å². The molecule has 0 saturated carbocycles. The molecule has 0 unspecified atom stereocenters. The van der Waals surface area contributed by atoms with Crippen LogP contribution in [0.3, 0.4) is 0 Å². The summed E-state index contributed by atoms with van der Waals surface area (Å²) in [5.41, 5.74) is 1.41. The average molecular weight is 352 g/mol. The molecule has 0 bridgehead atoms. The highest BCUT2D eigenvalue weighted by Crippen LogP contribution is 2.20. The standard InChI is InChI=1S/C19H20N4O3/c1-22-9-8-21-17(22)12-23(13-18-25-10-11-26-18)19(24)15-6-7-20-16-5-3-2-4-14(15)16/h2-9,18H,10-13H2,1H3. The van der Waals surface area contributed by atoms with E-state index in [2.05, 4.69) is 9.97 Å². The molecule has 134 valence electrons. The van der Waals surface area contributed by atoms with Crippen LogP contribution in [0.25, 0.3) is 10.9 Å². The summed E-state index contributed by atoms with van der Waals surface area (Å²) < 4.78 is 13.0. The number of carbonyl (C=O) groups excluding carboxylic acids is 1. The van der Waals surface area contributed by atoms with Crippen molar-refractivity contribution in [2.75, 3.05) is 19.8 Å². The van der Waals surface area contributed by atoms with Gasteiger partial charge in [0.25, 0.3) is 5.91 Å². The molecule has 0 N–H and O–H groups in total. The lowest BCUT2D eigenvalue weighted by molar-refractivity contribution is -0.0587. The first-order valence-electron chi connectivity index (χ1n) is 8.55. The molecule has 7 nitrogen and oxygen atoms in total. The Labute approximate surface area is 151 Å². The Kier molecular flexibility index (Phi) is 4.64. The molecule has 0 radical (unpaired) electrons. The molecule has 3 heterocycles. The highest BCUT2D eigenvalue weighted by molar-refractivity contribution is 6.05. The topological polar surface area (TPSA) is 69.5 Å². The Morgan fingerprint density at radius 1 is 1.19 bits per heavy atom. The van der Waals surface area contributed by atoms with Gasteiger partial charge in [-0.25, -0.2) is 4.98 Å². The summed E-state index contributed by atoms with van der Waals surface area (Å²) in [5, 5.41) is 0.832. The number of fused-ring (bicyclic) bond motifs is 1. The van der Waals surface area contributed by atoms with Gasteiger partial charge in [0.2, 0.25) is 0 Å². The van der Waals surface area contributed by atoms with Crippen LogP contribution in [-0.4, -0.2) is 51.4 Å². The number of pyridine rings is 1. The first kappa shape index (κ1) is 16.7. The molecule has 1 aliphatic heterocycles. The first-order valence-corrected chi connectivity index (χ1v) is 8.55. The van der Waals surface area contributed by atoms with Crippen LogP contribution >= 0.6 is 0 Å². The predicted octanol–water partition coefficient (Wildman–Crippen LogP) is 1.98. The molecule has 0 spiro atoms. The number of hydrogen-bond acceptors (Lipinski definition) is 5. The summed E-state index contributed by atoms with van der Waals surface area (Å²) in [6.45, 7) is 1.82. The normalized spacial score (nSPS) is 14.8.